The Morgan fingerprint density at radius 2 is 1.80 bits per heavy atom. The minimum absolute atomic E-state index is 0.00201. The first kappa shape index (κ1) is 47.7. The summed E-state index contributed by atoms with van der Waals surface area (Å²) >= 11 is 0. The Morgan fingerprint density at radius 1 is 1.04 bits per heavy atom. The number of amides is 1. The number of benzene rings is 3. The predicted octanol–water partition coefficient (Wildman–Crippen LogP) is 9.40. The zero-order chi connectivity index (χ0) is 49.1. The summed E-state index contributed by atoms with van der Waals surface area (Å²) in [6.45, 7) is 12.0. The molecule has 2 aliphatic carbocycles. The van der Waals surface area contributed by atoms with Crippen LogP contribution in [0.25, 0.3) is 11.0 Å². The Hall–Kier alpha value is -5.98. The molecule has 3 atom stereocenters. The molecule has 5 aromatic rings. The zero-order valence-electron chi connectivity index (χ0n) is 40.1. The number of nitrogens with one attached hydrogen (secondary N) is 3. The molecule has 5 heterocycles. The van der Waals surface area contributed by atoms with E-state index >= 15 is 0 Å². The summed E-state index contributed by atoms with van der Waals surface area (Å²) < 4.78 is 63.4. The van der Waals surface area contributed by atoms with Crippen LogP contribution in [-0.2, 0) is 10.0 Å². The van der Waals surface area contributed by atoms with Crippen LogP contribution in [0, 0.1) is 27.3 Å². The largest absolute Gasteiger partial charge is 0.489 e. The number of H-pyrrole nitrogens is 1. The van der Waals surface area contributed by atoms with Gasteiger partial charge in [-0.15, -0.1) is 0 Å². The van der Waals surface area contributed by atoms with Gasteiger partial charge in [-0.25, -0.2) is 17.5 Å². The lowest BCUT2D eigenvalue weighted by atomic mass is 9.70. The van der Waals surface area contributed by atoms with Crippen molar-refractivity contribution >= 4 is 44.0 Å². The molecule has 4 fully saturated rings. The third kappa shape index (κ3) is 9.25. The highest BCUT2D eigenvalue weighted by Crippen LogP contribution is 2.50. The number of aromatic nitrogens is 2. The smallest absolute Gasteiger partial charge is 0.297 e. The van der Waals surface area contributed by atoms with Gasteiger partial charge in [0.15, 0.2) is 17.2 Å². The molecule has 10 rings (SSSR count). The number of nitro benzene ring substituents is 1. The number of nitrogens with zero attached hydrogens (tertiary/aromatic N) is 4. The summed E-state index contributed by atoms with van der Waals surface area (Å²) in [7, 11) is -4.75. The number of aromatic amines is 1. The number of likely N-dealkylation sites (tertiary alicyclic amines) is 1. The third-order valence-corrected chi connectivity index (χ3v) is 17.0. The fourth-order valence-corrected chi connectivity index (χ4v) is 12.8. The highest BCUT2D eigenvalue weighted by atomic mass is 32.2. The van der Waals surface area contributed by atoms with Crippen molar-refractivity contribution in [3.63, 3.8) is 0 Å². The summed E-state index contributed by atoms with van der Waals surface area (Å²) in [6.07, 6.45) is 9.30. The Balaban J connectivity index is 0.890. The molecule has 372 valence electrons. The Morgan fingerprint density at radius 3 is 2.53 bits per heavy atom. The van der Waals surface area contributed by atoms with Crippen molar-refractivity contribution < 1.29 is 41.8 Å². The molecule has 70 heavy (non-hydrogen) atoms. The third-order valence-electron chi connectivity index (χ3n) is 15.7. The number of pyridine rings is 1. The molecule has 18 heteroatoms. The van der Waals surface area contributed by atoms with Crippen LogP contribution in [0.4, 0.5) is 21.5 Å². The van der Waals surface area contributed by atoms with Crippen LogP contribution in [0.2, 0.25) is 0 Å². The number of carbonyl (C=O) groups excluding carboxylic acids is 1. The number of halogens is 1. The molecule has 0 bridgehead atoms. The van der Waals surface area contributed by atoms with Gasteiger partial charge in [0.1, 0.15) is 23.8 Å². The van der Waals surface area contributed by atoms with Gasteiger partial charge in [-0.05, 0) is 112 Å². The number of piperidine rings is 1. The average molecular weight is 980 g/mol. The Labute approximate surface area is 407 Å². The second kappa shape index (κ2) is 18.6. The maximum atomic E-state index is 14.9. The van der Waals surface area contributed by atoms with Gasteiger partial charge in [0, 0.05) is 68.4 Å². The van der Waals surface area contributed by atoms with Gasteiger partial charge in [-0.1, -0.05) is 44.5 Å². The lowest BCUT2D eigenvalue weighted by Gasteiger charge is -2.57. The number of rotatable bonds is 13. The van der Waals surface area contributed by atoms with E-state index in [2.05, 4.69) is 67.9 Å². The molecule has 2 saturated carbocycles. The summed E-state index contributed by atoms with van der Waals surface area (Å²) in [6, 6.07) is 17.6. The molecule has 2 saturated heterocycles. The lowest BCUT2D eigenvalue weighted by Crippen LogP contribution is -2.63. The maximum absolute atomic E-state index is 14.9. The molecular weight excluding hydrogens is 918 g/mol. The predicted molar refractivity (Wildman–Crippen MR) is 263 cm³/mol. The van der Waals surface area contributed by atoms with E-state index < -0.39 is 42.9 Å². The second-order valence-electron chi connectivity index (χ2n) is 20.7. The zero-order valence-corrected chi connectivity index (χ0v) is 40.9. The first-order valence-electron chi connectivity index (χ1n) is 24.7. The van der Waals surface area contributed by atoms with Crippen molar-refractivity contribution in [2.75, 3.05) is 49.6 Å². The Kier molecular flexibility index (Phi) is 12.7. The quantitative estimate of drug-likeness (QED) is 0.0643. The van der Waals surface area contributed by atoms with Crippen molar-refractivity contribution in [2.24, 2.45) is 11.3 Å². The van der Waals surface area contributed by atoms with Crippen LogP contribution in [0.15, 0.2) is 71.8 Å². The van der Waals surface area contributed by atoms with Crippen LogP contribution in [0.5, 0.6) is 23.1 Å². The average Bonchev–Trinajstić information content (AvgIpc) is 3.96. The van der Waals surface area contributed by atoms with Crippen LogP contribution in [0.1, 0.15) is 119 Å². The van der Waals surface area contributed by atoms with Crippen LogP contribution >= 0.6 is 0 Å². The van der Waals surface area contributed by atoms with E-state index in [0.717, 1.165) is 63.0 Å². The second-order valence-corrected chi connectivity index (χ2v) is 22.4. The summed E-state index contributed by atoms with van der Waals surface area (Å²) in [5.41, 5.74) is 2.71. The number of sulfonamides is 1. The molecule has 0 radical (unpaired) electrons. The summed E-state index contributed by atoms with van der Waals surface area (Å²) in [5.74, 6) is -0.593. The van der Waals surface area contributed by atoms with Crippen LogP contribution in [-0.4, -0.2) is 96.3 Å². The van der Waals surface area contributed by atoms with E-state index in [0.29, 0.717) is 43.6 Å². The van der Waals surface area contributed by atoms with Gasteiger partial charge in [0.2, 0.25) is 0 Å². The van der Waals surface area contributed by atoms with Crippen LogP contribution in [0.3, 0.4) is 0 Å². The summed E-state index contributed by atoms with van der Waals surface area (Å²) in [4.78, 5) is 37.6. The van der Waals surface area contributed by atoms with E-state index in [-0.39, 0.29) is 76.0 Å². The van der Waals surface area contributed by atoms with E-state index in [9.17, 15) is 32.8 Å². The fourth-order valence-electron chi connectivity index (χ4n) is 11.8. The number of hydrogen-bond acceptors (Lipinski definition) is 13. The normalized spacial score (nSPS) is 24.4. The molecule has 3 aromatic carbocycles. The van der Waals surface area contributed by atoms with Crippen LogP contribution < -0.4 is 29.1 Å². The summed E-state index contributed by atoms with van der Waals surface area (Å²) in [5, 5.41) is 26.3. The molecule has 1 spiro atoms. The van der Waals surface area contributed by atoms with Gasteiger partial charge in [-0.3, -0.25) is 19.8 Å². The molecular formula is C52H62FN7O9S. The number of aliphatic hydroxyl groups is 1. The molecule has 1 amide bonds. The minimum Gasteiger partial charge on any atom is -0.489 e. The maximum Gasteiger partial charge on any atom is 0.297 e. The van der Waals surface area contributed by atoms with Gasteiger partial charge in [0.05, 0.1) is 39.0 Å². The monoisotopic (exact) mass is 979 g/mol. The van der Waals surface area contributed by atoms with E-state index in [1.54, 1.807) is 26.0 Å². The van der Waals surface area contributed by atoms with Crippen molar-refractivity contribution in [3.05, 3.63) is 99.5 Å². The van der Waals surface area contributed by atoms with Crippen molar-refractivity contribution in [2.45, 2.75) is 120 Å². The molecule has 5 aliphatic rings. The van der Waals surface area contributed by atoms with Gasteiger partial charge >= 0.3 is 0 Å². The number of nitro groups is 1. The minimum atomic E-state index is -4.75. The van der Waals surface area contributed by atoms with Gasteiger partial charge in [0.25, 0.3) is 27.5 Å². The standard InChI is InChI=1S/C52H62FN7O9S/c1-5-67-50-46(26-39-40(53)27-54-48(39)56-50)69-44-23-33(58-21-19-52(20-22-58)29-59(30-52)42-12-8-11-37(42)36-10-7-6-9-35(36)31(2)3)13-14-38(44)49(61)57-70(65,66)34-24-43(60(63)64)47-45(25-34)68-28-41(55-47)32-15-17-51(4,62)18-16-32/h6-7,9-10,13-14,23-27,31-32,37,41-42,55,62H,5,8,11-12,15-22,28-30H2,1-4H3,(H,54,56)(H,57,61)/t32-,37-,41+,42?,51-/m0/s1. The molecule has 1 unspecified atom stereocenters. The number of anilines is 2. The van der Waals surface area contributed by atoms with Crippen molar-refractivity contribution in [3.8, 4) is 23.1 Å². The topological polar surface area (TPSA) is 201 Å². The van der Waals surface area contributed by atoms with Crippen molar-refractivity contribution in [1.29, 1.82) is 0 Å². The number of fused-ring (bicyclic) bond motifs is 2. The first-order valence-corrected chi connectivity index (χ1v) is 26.2. The number of hydrogen-bond donors (Lipinski definition) is 4. The fraction of sp³-hybridized carbons (Fsp3) is 0.500. The Bertz CT molecular complexity index is 2920. The molecule has 2 aromatic heterocycles. The number of ether oxygens (including phenoxy) is 3. The molecule has 16 nitrogen and oxygen atoms in total. The molecule has 4 N–H and O–H groups in total. The van der Waals surface area contributed by atoms with Gasteiger partial charge in [-0.2, -0.15) is 4.98 Å². The number of carbonyl (C=O) groups is 1. The highest BCUT2D eigenvalue weighted by Gasteiger charge is 2.49. The van der Waals surface area contributed by atoms with E-state index in [1.807, 2.05) is 0 Å². The molecule has 3 aliphatic heterocycles. The van der Waals surface area contributed by atoms with Crippen molar-refractivity contribution in [1.82, 2.24) is 19.6 Å². The SMILES string of the molecule is CCOc1nc2[nH]cc(F)c2cc1Oc1cc(N2CCC3(CC2)CN(C2CCC[C@H]2c2ccccc2C(C)C)C3)ccc1C(=O)NS(=O)(=O)c1cc2c(c([N+](=O)[O-])c1)N[C@@H]([C@H]1CC[C@](C)(O)CC1)CO2. The first-order chi connectivity index (χ1) is 33.5. The lowest BCUT2D eigenvalue weighted by molar-refractivity contribution is -0.384. The van der Waals surface area contributed by atoms with Gasteiger partial charge < -0.3 is 34.5 Å². The van der Waals surface area contributed by atoms with E-state index in [1.165, 1.54) is 42.5 Å². The van der Waals surface area contributed by atoms with E-state index in [4.69, 9.17) is 14.2 Å². The highest BCUT2D eigenvalue weighted by molar-refractivity contribution is 7.90.